The SMILES string of the molecule is CC/C=C/C=C/C=C\C=C/C=C/CCCCCC(=O)OC(CCCCCCC/C=C\C/C=C\CCCCC)CC(=O)NC(CO)C(O)CCCCCCCCCCCCCCCC. The third kappa shape index (κ3) is 45.4. The lowest BCUT2D eigenvalue weighted by Gasteiger charge is -2.24. The number of amides is 1. The fourth-order valence-electron chi connectivity index (χ4n) is 7.60. The second-order valence-corrected chi connectivity index (χ2v) is 17.7. The Bertz CT molecular complexity index is 1210. The molecule has 3 atom stereocenters. The molecule has 0 saturated carbocycles. The number of aliphatic hydroxyl groups excluding tert-OH is 2. The third-order valence-corrected chi connectivity index (χ3v) is 11.6. The number of nitrogens with one attached hydrogen (secondary N) is 1. The molecule has 0 bridgehead atoms. The fourth-order valence-corrected chi connectivity index (χ4v) is 7.60. The number of aliphatic hydroxyl groups is 2. The normalized spacial score (nSPS) is 13.9. The van der Waals surface area contributed by atoms with Crippen LogP contribution in [0.4, 0.5) is 0 Å². The minimum Gasteiger partial charge on any atom is -0.462 e. The van der Waals surface area contributed by atoms with E-state index in [0.717, 1.165) is 89.9 Å². The molecular weight excluding hydrogens is 779 g/mol. The molecule has 3 N–H and O–H groups in total. The lowest BCUT2D eigenvalue weighted by atomic mass is 10.0. The van der Waals surface area contributed by atoms with E-state index in [1.54, 1.807) is 0 Å². The lowest BCUT2D eigenvalue weighted by Crippen LogP contribution is -2.46. The molecule has 0 aromatic rings. The molecule has 0 aliphatic heterocycles. The number of hydrogen-bond donors (Lipinski definition) is 3. The Labute approximate surface area is 389 Å². The highest BCUT2D eigenvalue weighted by Gasteiger charge is 2.24. The topological polar surface area (TPSA) is 95.9 Å². The summed E-state index contributed by atoms with van der Waals surface area (Å²) in [5, 5.41) is 23.8. The summed E-state index contributed by atoms with van der Waals surface area (Å²) < 4.78 is 5.91. The first-order valence-electron chi connectivity index (χ1n) is 26.4. The summed E-state index contributed by atoms with van der Waals surface area (Å²) >= 11 is 0. The predicted molar refractivity (Wildman–Crippen MR) is 273 cm³/mol. The summed E-state index contributed by atoms with van der Waals surface area (Å²) in [5.41, 5.74) is 0. The molecule has 0 saturated heterocycles. The smallest absolute Gasteiger partial charge is 0.306 e. The van der Waals surface area contributed by atoms with Crippen LogP contribution in [0.1, 0.15) is 239 Å². The molecule has 0 rings (SSSR count). The number of unbranched alkanes of at least 4 members (excludes halogenated alkanes) is 24. The Morgan fingerprint density at radius 2 is 0.921 bits per heavy atom. The minimum atomic E-state index is -0.803. The molecular formula is C57H99NO5. The fraction of sp³-hybridized carbons (Fsp3) is 0.719. The maximum Gasteiger partial charge on any atom is 0.306 e. The van der Waals surface area contributed by atoms with Crippen molar-refractivity contribution in [2.75, 3.05) is 6.61 Å². The van der Waals surface area contributed by atoms with Crippen molar-refractivity contribution >= 4 is 11.9 Å². The van der Waals surface area contributed by atoms with E-state index in [9.17, 15) is 19.8 Å². The zero-order chi connectivity index (χ0) is 45.9. The maximum atomic E-state index is 13.2. The molecule has 63 heavy (non-hydrogen) atoms. The molecule has 3 unspecified atom stereocenters. The van der Waals surface area contributed by atoms with Crippen LogP contribution in [0.25, 0.3) is 0 Å². The monoisotopic (exact) mass is 878 g/mol. The molecule has 0 radical (unpaired) electrons. The largest absolute Gasteiger partial charge is 0.462 e. The van der Waals surface area contributed by atoms with Gasteiger partial charge in [-0.2, -0.15) is 0 Å². The molecule has 6 nitrogen and oxygen atoms in total. The van der Waals surface area contributed by atoms with E-state index >= 15 is 0 Å². The van der Waals surface area contributed by atoms with Crippen molar-refractivity contribution in [2.24, 2.45) is 0 Å². The van der Waals surface area contributed by atoms with Crippen LogP contribution in [0.15, 0.2) is 85.1 Å². The number of hydrogen-bond acceptors (Lipinski definition) is 5. The van der Waals surface area contributed by atoms with Gasteiger partial charge in [0.05, 0.1) is 25.2 Å². The molecule has 1 amide bonds. The van der Waals surface area contributed by atoms with E-state index in [-0.39, 0.29) is 24.9 Å². The molecule has 0 spiro atoms. The summed E-state index contributed by atoms with van der Waals surface area (Å²) in [6.45, 7) is 6.30. The summed E-state index contributed by atoms with van der Waals surface area (Å²) in [7, 11) is 0. The average Bonchev–Trinajstić information content (AvgIpc) is 3.28. The van der Waals surface area contributed by atoms with Crippen molar-refractivity contribution in [3.8, 4) is 0 Å². The van der Waals surface area contributed by atoms with Gasteiger partial charge < -0.3 is 20.3 Å². The van der Waals surface area contributed by atoms with Crippen molar-refractivity contribution in [1.82, 2.24) is 5.32 Å². The zero-order valence-electron chi connectivity index (χ0n) is 41.2. The second kappa shape index (κ2) is 50.0. The van der Waals surface area contributed by atoms with E-state index in [4.69, 9.17) is 4.74 Å². The van der Waals surface area contributed by atoms with Crippen molar-refractivity contribution in [1.29, 1.82) is 0 Å². The molecule has 0 heterocycles. The van der Waals surface area contributed by atoms with Gasteiger partial charge in [0.15, 0.2) is 0 Å². The summed E-state index contributed by atoms with van der Waals surface area (Å²) in [6.07, 6.45) is 64.9. The van der Waals surface area contributed by atoms with Gasteiger partial charge in [-0.25, -0.2) is 0 Å². The zero-order valence-corrected chi connectivity index (χ0v) is 41.2. The van der Waals surface area contributed by atoms with Gasteiger partial charge in [0, 0.05) is 6.42 Å². The Kier molecular flexibility index (Phi) is 47.7. The van der Waals surface area contributed by atoms with Crippen LogP contribution >= 0.6 is 0 Å². The number of carbonyl (C=O) groups is 2. The van der Waals surface area contributed by atoms with Gasteiger partial charge in [-0.05, 0) is 77.0 Å². The maximum absolute atomic E-state index is 13.2. The van der Waals surface area contributed by atoms with Crippen LogP contribution < -0.4 is 5.32 Å². The van der Waals surface area contributed by atoms with Crippen LogP contribution in [0, 0.1) is 0 Å². The lowest BCUT2D eigenvalue weighted by molar-refractivity contribution is -0.151. The quantitative estimate of drug-likeness (QED) is 0.0245. The first-order valence-corrected chi connectivity index (χ1v) is 26.4. The van der Waals surface area contributed by atoms with Gasteiger partial charge in [0.1, 0.15) is 6.10 Å². The number of carbonyl (C=O) groups excluding carboxylic acids is 2. The Hall–Kier alpha value is -2.96. The second-order valence-electron chi connectivity index (χ2n) is 17.7. The van der Waals surface area contributed by atoms with E-state index in [2.05, 4.69) is 68.6 Å². The molecule has 362 valence electrons. The van der Waals surface area contributed by atoms with Crippen molar-refractivity contribution in [3.63, 3.8) is 0 Å². The third-order valence-electron chi connectivity index (χ3n) is 11.6. The standard InChI is InChI=1S/C57H99NO5/c1-4-7-10-13-16-19-22-25-28-30-33-36-39-42-45-48-53(63-57(62)50-47-44-41-38-35-32-29-26-23-20-17-14-11-8-5-2)51-56(61)58-54(52-59)55(60)49-46-43-40-37-34-31-27-24-21-18-15-12-9-6-3/h8,11,14,16-17,19-20,23,25-26,28-29,32,35,53-55,59-60H,4-7,9-10,12-13,15,18,21-22,24,27,30-31,33-34,36-52H2,1-3H3,(H,58,61)/b11-8+,17-14+,19-16-,23-20-,28-25-,29-26-,35-32+. The summed E-state index contributed by atoms with van der Waals surface area (Å²) in [4.78, 5) is 26.2. The predicted octanol–water partition coefficient (Wildman–Crippen LogP) is 16.0. The highest BCUT2D eigenvalue weighted by Crippen LogP contribution is 2.17. The first-order chi connectivity index (χ1) is 31.0. The van der Waals surface area contributed by atoms with Gasteiger partial charge in [0.2, 0.25) is 5.91 Å². The van der Waals surface area contributed by atoms with Crippen molar-refractivity contribution in [2.45, 2.75) is 257 Å². The molecule has 6 heteroatoms. The highest BCUT2D eigenvalue weighted by molar-refractivity contribution is 5.77. The average molecular weight is 878 g/mol. The molecule has 0 fully saturated rings. The van der Waals surface area contributed by atoms with Crippen LogP contribution in [0.2, 0.25) is 0 Å². The van der Waals surface area contributed by atoms with Crippen LogP contribution in [-0.4, -0.2) is 46.9 Å². The van der Waals surface area contributed by atoms with Gasteiger partial charge >= 0.3 is 5.97 Å². The Morgan fingerprint density at radius 3 is 1.46 bits per heavy atom. The summed E-state index contributed by atoms with van der Waals surface area (Å²) in [6, 6.07) is -0.720. The molecule has 0 aromatic heterocycles. The Balaban J connectivity index is 4.69. The van der Waals surface area contributed by atoms with E-state index in [1.807, 2.05) is 42.5 Å². The van der Waals surface area contributed by atoms with Gasteiger partial charge in [-0.3, -0.25) is 9.59 Å². The van der Waals surface area contributed by atoms with E-state index < -0.39 is 18.2 Å². The molecule has 0 aliphatic rings. The van der Waals surface area contributed by atoms with E-state index in [1.165, 1.54) is 103 Å². The van der Waals surface area contributed by atoms with Crippen molar-refractivity contribution in [3.05, 3.63) is 85.1 Å². The van der Waals surface area contributed by atoms with Gasteiger partial charge in [0.25, 0.3) is 0 Å². The van der Waals surface area contributed by atoms with Crippen LogP contribution in [-0.2, 0) is 14.3 Å². The molecule has 0 aliphatic carbocycles. The molecule has 0 aromatic carbocycles. The van der Waals surface area contributed by atoms with Gasteiger partial charge in [-0.1, -0.05) is 234 Å². The number of rotatable bonds is 46. The van der Waals surface area contributed by atoms with Crippen LogP contribution in [0.3, 0.4) is 0 Å². The first kappa shape index (κ1) is 60.0. The minimum absolute atomic E-state index is 0.0470. The highest BCUT2D eigenvalue weighted by atomic mass is 16.5. The Morgan fingerprint density at radius 1 is 0.492 bits per heavy atom. The summed E-state index contributed by atoms with van der Waals surface area (Å²) in [5.74, 6) is -0.539. The number of esters is 1. The van der Waals surface area contributed by atoms with Crippen LogP contribution in [0.5, 0.6) is 0 Å². The van der Waals surface area contributed by atoms with E-state index in [0.29, 0.717) is 19.3 Å². The van der Waals surface area contributed by atoms with Gasteiger partial charge in [-0.15, -0.1) is 0 Å². The number of allylic oxidation sites excluding steroid dienone is 14. The van der Waals surface area contributed by atoms with Crippen molar-refractivity contribution < 1.29 is 24.5 Å². The number of ether oxygens (including phenoxy) is 1.